The molecule has 0 aliphatic carbocycles. The third-order valence-corrected chi connectivity index (χ3v) is 2.12. The average Bonchev–Trinajstić information content (AvgIpc) is 2.17. The number of hydrogen-bond donors (Lipinski definition) is 1. The van der Waals surface area contributed by atoms with Gasteiger partial charge < -0.3 is 5.11 Å². The third kappa shape index (κ3) is 3.22. The second-order valence-electron chi connectivity index (χ2n) is 2.91. The fourth-order valence-electron chi connectivity index (χ4n) is 1.08. The smallest absolute Gasteiger partial charge is 0.165 e. The lowest BCUT2D eigenvalue weighted by Gasteiger charge is -2.03. The van der Waals surface area contributed by atoms with Crippen LogP contribution in [0.25, 0.3) is 0 Å². The van der Waals surface area contributed by atoms with Crippen LogP contribution in [0.2, 0.25) is 0 Å². The summed E-state index contributed by atoms with van der Waals surface area (Å²) in [6.07, 6.45) is 0.456. The molecule has 0 heterocycles. The molecule has 0 fully saturated rings. The normalized spacial score (nSPS) is 10.3. The standard InChI is InChI=1S/C10H8Cl2O3/c11-10(12)4-9(15)6-1-2-8(14)7(3-6)5-13/h1-3,5,10,14H,4H2. The van der Waals surface area contributed by atoms with Crippen LogP contribution in [-0.2, 0) is 0 Å². The monoisotopic (exact) mass is 246 g/mol. The number of ketones is 1. The lowest BCUT2D eigenvalue weighted by atomic mass is 10.1. The topological polar surface area (TPSA) is 54.4 Å². The number of rotatable bonds is 4. The highest BCUT2D eigenvalue weighted by atomic mass is 35.5. The Balaban J connectivity index is 2.95. The van der Waals surface area contributed by atoms with Gasteiger partial charge in [-0.3, -0.25) is 9.59 Å². The molecule has 0 radical (unpaired) electrons. The number of carbonyl (C=O) groups excluding carboxylic acids is 2. The Kier molecular flexibility index (Phi) is 4.12. The predicted octanol–water partition coefficient (Wildman–Crippen LogP) is 2.58. The first-order valence-electron chi connectivity index (χ1n) is 4.14. The molecule has 0 atom stereocenters. The van der Waals surface area contributed by atoms with Crippen LogP contribution in [-0.4, -0.2) is 22.0 Å². The molecule has 0 saturated carbocycles. The summed E-state index contributed by atoms with van der Waals surface area (Å²) >= 11 is 10.9. The van der Waals surface area contributed by atoms with Crippen molar-refractivity contribution in [2.24, 2.45) is 0 Å². The summed E-state index contributed by atoms with van der Waals surface area (Å²) < 4.78 is 0. The zero-order chi connectivity index (χ0) is 11.4. The van der Waals surface area contributed by atoms with Crippen molar-refractivity contribution in [3.8, 4) is 5.75 Å². The number of aldehydes is 1. The second kappa shape index (κ2) is 5.14. The molecule has 0 amide bonds. The zero-order valence-corrected chi connectivity index (χ0v) is 9.13. The quantitative estimate of drug-likeness (QED) is 0.505. The molecule has 15 heavy (non-hydrogen) atoms. The van der Waals surface area contributed by atoms with Gasteiger partial charge in [0.2, 0.25) is 0 Å². The van der Waals surface area contributed by atoms with Gasteiger partial charge in [-0.1, -0.05) is 0 Å². The van der Waals surface area contributed by atoms with E-state index in [2.05, 4.69) is 0 Å². The summed E-state index contributed by atoms with van der Waals surface area (Å²) in [6, 6.07) is 4.01. The minimum atomic E-state index is -0.772. The highest BCUT2D eigenvalue weighted by Crippen LogP contribution is 2.19. The van der Waals surface area contributed by atoms with Crippen molar-refractivity contribution in [2.45, 2.75) is 11.3 Å². The van der Waals surface area contributed by atoms with E-state index in [0.717, 1.165) is 0 Å². The number of Topliss-reactive ketones (excluding diaryl/α,β-unsaturated/α-hetero) is 1. The minimum Gasteiger partial charge on any atom is -0.507 e. The first-order valence-corrected chi connectivity index (χ1v) is 5.01. The van der Waals surface area contributed by atoms with E-state index in [1.165, 1.54) is 18.2 Å². The molecule has 0 unspecified atom stereocenters. The van der Waals surface area contributed by atoms with Gasteiger partial charge in [-0.15, -0.1) is 23.2 Å². The van der Waals surface area contributed by atoms with E-state index in [4.69, 9.17) is 23.2 Å². The van der Waals surface area contributed by atoms with Gasteiger partial charge in [-0.2, -0.15) is 0 Å². The van der Waals surface area contributed by atoms with E-state index in [1.54, 1.807) is 0 Å². The first-order chi connectivity index (χ1) is 7.04. The maximum Gasteiger partial charge on any atom is 0.165 e. The second-order valence-corrected chi connectivity index (χ2v) is 4.19. The molecule has 0 aliphatic heterocycles. The van der Waals surface area contributed by atoms with Gasteiger partial charge in [0.25, 0.3) is 0 Å². The molecule has 0 aromatic heterocycles. The van der Waals surface area contributed by atoms with Gasteiger partial charge in [-0.05, 0) is 18.2 Å². The number of carbonyl (C=O) groups is 2. The van der Waals surface area contributed by atoms with Crippen molar-refractivity contribution >= 4 is 35.3 Å². The van der Waals surface area contributed by atoms with Crippen molar-refractivity contribution in [3.63, 3.8) is 0 Å². The van der Waals surface area contributed by atoms with Crippen LogP contribution in [0, 0.1) is 0 Å². The van der Waals surface area contributed by atoms with Gasteiger partial charge in [0, 0.05) is 12.0 Å². The minimum absolute atomic E-state index is 0.0216. The SMILES string of the molecule is O=Cc1cc(C(=O)CC(Cl)Cl)ccc1O. The average molecular weight is 247 g/mol. The van der Waals surface area contributed by atoms with Gasteiger partial charge >= 0.3 is 0 Å². The van der Waals surface area contributed by atoms with Gasteiger partial charge in [0.1, 0.15) is 10.6 Å². The molecule has 1 aromatic rings. The lowest BCUT2D eigenvalue weighted by Crippen LogP contribution is -2.04. The summed E-state index contributed by atoms with van der Waals surface area (Å²) in [7, 11) is 0. The van der Waals surface area contributed by atoms with Crippen LogP contribution < -0.4 is 0 Å². The van der Waals surface area contributed by atoms with E-state index in [1.807, 2.05) is 0 Å². The Morgan fingerprint density at radius 2 is 2.13 bits per heavy atom. The summed E-state index contributed by atoms with van der Waals surface area (Å²) in [6.45, 7) is 0. The number of halogens is 2. The summed E-state index contributed by atoms with van der Waals surface area (Å²) in [5.74, 6) is -0.428. The predicted molar refractivity (Wildman–Crippen MR) is 57.9 cm³/mol. The Hall–Kier alpha value is -1.06. The molecule has 0 saturated heterocycles. The Bertz CT molecular complexity index is 388. The zero-order valence-electron chi connectivity index (χ0n) is 7.61. The van der Waals surface area contributed by atoms with Gasteiger partial charge in [-0.25, -0.2) is 0 Å². The van der Waals surface area contributed by atoms with Gasteiger partial charge in [0.15, 0.2) is 12.1 Å². The molecule has 0 aliphatic rings. The highest BCUT2D eigenvalue weighted by molar-refractivity contribution is 6.45. The molecule has 1 rings (SSSR count). The number of alkyl halides is 2. The van der Waals surface area contributed by atoms with Crippen molar-refractivity contribution in [3.05, 3.63) is 29.3 Å². The number of phenolic OH excluding ortho intramolecular Hbond substituents is 1. The van der Waals surface area contributed by atoms with E-state index in [0.29, 0.717) is 11.8 Å². The van der Waals surface area contributed by atoms with Crippen LogP contribution in [0.3, 0.4) is 0 Å². The number of aromatic hydroxyl groups is 1. The fraction of sp³-hybridized carbons (Fsp3) is 0.200. The van der Waals surface area contributed by atoms with E-state index in [-0.39, 0.29) is 23.5 Å². The van der Waals surface area contributed by atoms with Crippen LogP contribution in [0.5, 0.6) is 5.75 Å². The maximum atomic E-state index is 11.5. The third-order valence-electron chi connectivity index (χ3n) is 1.82. The molecular weight excluding hydrogens is 239 g/mol. The molecule has 5 heteroatoms. The summed E-state index contributed by atoms with van der Waals surface area (Å²) in [5.41, 5.74) is 0.378. The Morgan fingerprint density at radius 3 is 2.67 bits per heavy atom. The maximum absolute atomic E-state index is 11.5. The van der Waals surface area contributed by atoms with Crippen molar-refractivity contribution < 1.29 is 14.7 Å². The van der Waals surface area contributed by atoms with Crippen LogP contribution in [0.1, 0.15) is 27.1 Å². The highest BCUT2D eigenvalue weighted by Gasteiger charge is 2.12. The molecule has 80 valence electrons. The molecular formula is C10H8Cl2O3. The first kappa shape index (κ1) is 12.0. The Morgan fingerprint density at radius 1 is 1.47 bits per heavy atom. The number of hydrogen-bond acceptors (Lipinski definition) is 3. The number of phenols is 1. The number of benzene rings is 1. The largest absolute Gasteiger partial charge is 0.507 e. The van der Waals surface area contributed by atoms with Crippen molar-refractivity contribution in [2.75, 3.05) is 0 Å². The molecule has 0 spiro atoms. The lowest BCUT2D eigenvalue weighted by molar-refractivity contribution is 0.0987. The van der Waals surface area contributed by atoms with Crippen LogP contribution >= 0.6 is 23.2 Å². The van der Waals surface area contributed by atoms with E-state index < -0.39 is 4.84 Å². The fourth-order valence-corrected chi connectivity index (χ4v) is 1.36. The van der Waals surface area contributed by atoms with Crippen molar-refractivity contribution in [1.82, 2.24) is 0 Å². The summed E-state index contributed by atoms with van der Waals surface area (Å²) in [4.78, 5) is 21.2. The van der Waals surface area contributed by atoms with E-state index >= 15 is 0 Å². The van der Waals surface area contributed by atoms with Crippen LogP contribution in [0.4, 0.5) is 0 Å². The Labute approximate surface area is 96.6 Å². The summed E-state index contributed by atoms with van der Waals surface area (Å²) in [5, 5.41) is 9.20. The van der Waals surface area contributed by atoms with Crippen LogP contribution in [0.15, 0.2) is 18.2 Å². The van der Waals surface area contributed by atoms with Crippen molar-refractivity contribution in [1.29, 1.82) is 0 Å². The molecule has 1 aromatic carbocycles. The molecule has 3 nitrogen and oxygen atoms in total. The molecule has 0 bridgehead atoms. The molecule has 1 N–H and O–H groups in total. The van der Waals surface area contributed by atoms with E-state index in [9.17, 15) is 14.7 Å². The van der Waals surface area contributed by atoms with Gasteiger partial charge in [0.05, 0.1) is 5.56 Å².